The molecule has 1 aliphatic carbocycles. The summed E-state index contributed by atoms with van der Waals surface area (Å²) in [6.45, 7) is 2.96. The summed E-state index contributed by atoms with van der Waals surface area (Å²) in [4.78, 5) is 21.7. The number of nitrogens with zero attached hydrogens (tertiary/aromatic N) is 3. The second-order valence-electron chi connectivity index (χ2n) is 7.67. The van der Waals surface area contributed by atoms with Crippen molar-refractivity contribution in [3.8, 4) is 11.3 Å². The van der Waals surface area contributed by atoms with E-state index in [4.69, 9.17) is 16.6 Å². The van der Waals surface area contributed by atoms with E-state index in [-0.39, 0.29) is 11.9 Å². The third kappa shape index (κ3) is 3.10. The number of rotatable bonds is 3. The molecule has 1 unspecified atom stereocenters. The summed E-state index contributed by atoms with van der Waals surface area (Å²) in [6.07, 6.45) is 6.23. The number of aromatic nitrogens is 3. The van der Waals surface area contributed by atoms with Crippen molar-refractivity contribution in [3.05, 3.63) is 69.9 Å². The third-order valence-electron chi connectivity index (χ3n) is 5.65. The van der Waals surface area contributed by atoms with E-state index in [1.807, 2.05) is 6.92 Å². The standard InChI is InChI=1S/C22H21ClN4O/c1-13-9-18(24-20(23)10-13)22(28)26-17-7-6-14-4-5-15(11-16(14)17)19-12-27-8-2-3-21(27)25-19/h4-5,9-12,17H,2-3,6-8H2,1H3,(H,26,28). The molecule has 0 bridgehead atoms. The molecule has 28 heavy (non-hydrogen) atoms. The maximum absolute atomic E-state index is 12.7. The smallest absolute Gasteiger partial charge is 0.270 e. The molecule has 0 saturated heterocycles. The monoisotopic (exact) mass is 392 g/mol. The average Bonchev–Trinajstić information content (AvgIpc) is 3.35. The van der Waals surface area contributed by atoms with E-state index in [1.165, 1.54) is 23.4 Å². The first-order valence-corrected chi connectivity index (χ1v) is 10.1. The van der Waals surface area contributed by atoms with E-state index < -0.39 is 0 Å². The number of carbonyl (C=O) groups is 1. The lowest BCUT2D eigenvalue weighted by atomic mass is 10.0. The van der Waals surface area contributed by atoms with Crippen molar-refractivity contribution < 1.29 is 4.79 Å². The number of carbonyl (C=O) groups excluding carboxylic acids is 1. The molecule has 5 rings (SSSR count). The molecule has 0 fully saturated rings. The Bertz CT molecular complexity index is 1050. The number of hydrogen-bond donors (Lipinski definition) is 1. The van der Waals surface area contributed by atoms with Crippen molar-refractivity contribution in [2.24, 2.45) is 0 Å². The predicted molar refractivity (Wildman–Crippen MR) is 108 cm³/mol. The van der Waals surface area contributed by atoms with Gasteiger partial charge in [0.05, 0.1) is 11.7 Å². The molecule has 6 heteroatoms. The maximum Gasteiger partial charge on any atom is 0.270 e. The largest absolute Gasteiger partial charge is 0.344 e. The number of nitrogens with one attached hydrogen (secondary N) is 1. The van der Waals surface area contributed by atoms with Gasteiger partial charge in [-0.05, 0) is 61.1 Å². The number of aryl methyl sites for hydroxylation is 4. The lowest BCUT2D eigenvalue weighted by molar-refractivity contribution is 0.0931. The van der Waals surface area contributed by atoms with Crippen molar-refractivity contribution in [3.63, 3.8) is 0 Å². The van der Waals surface area contributed by atoms with Gasteiger partial charge in [-0.2, -0.15) is 0 Å². The third-order valence-corrected chi connectivity index (χ3v) is 5.85. The molecular formula is C22H21ClN4O. The van der Waals surface area contributed by atoms with Crippen LogP contribution in [0.15, 0.2) is 36.5 Å². The molecule has 0 spiro atoms. The van der Waals surface area contributed by atoms with Crippen LogP contribution in [0.2, 0.25) is 5.15 Å². The van der Waals surface area contributed by atoms with Crippen LogP contribution in [0.5, 0.6) is 0 Å². The van der Waals surface area contributed by atoms with E-state index in [9.17, 15) is 4.79 Å². The second kappa shape index (κ2) is 6.74. The Kier molecular flexibility index (Phi) is 4.20. The van der Waals surface area contributed by atoms with Crippen molar-refractivity contribution in [2.45, 2.75) is 45.2 Å². The minimum absolute atomic E-state index is 0.0157. The number of pyridine rings is 1. The molecule has 1 aliphatic heterocycles. The maximum atomic E-state index is 12.7. The Hall–Kier alpha value is -2.66. The lowest BCUT2D eigenvalue weighted by Crippen LogP contribution is -2.28. The zero-order chi connectivity index (χ0) is 19.3. The molecule has 1 N–H and O–H groups in total. The Balaban J connectivity index is 1.41. The minimum atomic E-state index is -0.185. The van der Waals surface area contributed by atoms with Crippen molar-refractivity contribution in [1.29, 1.82) is 0 Å². The highest BCUT2D eigenvalue weighted by Gasteiger charge is 2.26. The molecule has 3 aromatic rings. The van der Waals surface area contributed by atoms with Crippen LogP contribution in [0.4, 0.5) is 0 Å². The summed E-state index contributed by atoms with van der Waals surface area (Å²) in [5, 5.41) is 3.48. The Morgan fingerprint density at radius 2 is 2.11 bits per heavy atom. The molecule has 0 saturated carbocycles. The highest BCUT2D eigenvalue weighted by atomic mass is 35.5. The lowest BCUT2D eigenvalue weighted by Gasteiger charge is -2.15. The fourth-order valence-electron chi connectivity index (χ4n) is 4.28. The Morgan fingerprint density at radius 1 is 1.21 bits per heavy atom. The summed E-state index contributed by atoms with van der Waals surface area (Å²) in [5.74, 6) is 0.984. The fraction of sp³-hybridized carbons (Fsp3) is 0.318. The molecular weight excluding hydrogens is 372 g/mol. The molecule has 3 heterocycles. The van der Waals surface area contributed by atoms with Gasteiger partial charge in [0.15, 0.2) is 0 Å². The predicted octanol–water partition coefficient (Wildman–Crippen LogP) is 4.27. The fourth-order valence-corrected chi connectivity index (χ4v) is 4.54. The van der Waals surface area contributed by atoms with E-state index >= 15 is 0 Å². The van der Waals surface area contributed by atoms with Crippen molar-refractivity contribution in [1.82, 2.24) is 19.9 Å². The van der Waals surface area contributed by atoms with E-state index in [2.05, 4.69) is 39.3 Å². The van der Waals surface area contributed by atoms with Crippen molar-refractivity contribution >= 4 is 17.5 Å². The van der Waals surface area contributed by atoms with Crippen LogP contribution >= 0.6 is 11.6 Å². The zero-order valence-corrected chi connectivity index (χ0v) is 16.5. The van der Waals surface area contributed by atoms with Gasteiger partial charge in [0, 0.05) is 24.7 Å². The number of fused-ring (bicyclic) bond motifs is 2. The first-order valence-electron chi connectivity index (χ1n) is 9.71. The number of imidazole rings is 1. The zero-order valence-electron chi connectivity index (χ0n) is 15.7. The molecule has 1 atom stereocenters. The number of hydrogen-bond acceptors (Lipinski definition) is 3. The number of amides is 1. The van der Waals surface area contributed by atoms with Crippen LogP contribution in [0.1, 0.15) is 51.9 Å². The number of benzene rings is 1. The SMILES string of the molecule is Cc1cc(Cl)nc(C(=O)NC2CCc3ccc(-c4cn5c(n4)CCC5)cc32)c1. The van der Waals surface area contributed by atoms with Crippen LogP contribution in [0, 0.1) is 6.92 Å². The normalized spacial score (nSPS) is 17.4. The topological polar surface area (TPSA) is 59.8 Å². The molecule has 1 amide bonds. The molecule has 0 radical (unpaired) electrons. The van der Waals surface area contributed by atoms with Crippen molar-refractivity contribution in [2.75, 3.05) is 0 Å². The summed E-state index contributed by atoms with van der Waals surface area (Å²) in [7, 11) is 0. The van der Waals surface area contributed by atoms with Gasteiger partial charge in [0.2, 0.25) is 0 Å². The first kappa shape index (κ1) is 17.4. The summed E-state index contributed by atoms with van der Waals surface area (Å²) in [5.41, 5.74) is 5.88. The van der Waals surface area contributed by atoms with Gasteiger partial charge in [-0.3, -0.25) is 4.79 Å². The van der Waals surface area contributed by atoms with Crippen LogP contribution in [0.3, 0.4) is 0 Å². The second-order valence-corrected chi connectivity index (χ2v) is 8.06. The van der Waals surface area contributed by atoms with Gasteiger partial charge in [-0.15, -0.1) is 0 Å². The average molecular weight is 393 g/mol. The number of halogens is 1. The summed E-state index contributed by atoms with van der Waals surface area (Å²) in [6, 6.07) is 9.99. The molecule has 1 aromatic carbocycles. The van der Waals surface area contributed by atoms with Gasteiger partial charge in [0.25, 0.3) is 5.91 Å². The first-order chi connectivity index (χ1) is 13.6. The Morgan fingerprint density at radius 3 is 2.93 bits per heavy atom. The molecule has 5 nitrogen and oxygen atoms in total. The van der Waals surface area contributed by atoms with E-state index in [1.54, 1.807) is 12.1 Å². The highest BCUT2D eigenvalue weighted by Crippen LogP contribution is 2.35. The Labute approximate surface area is 168 Å². The van der Waals surface area contributed by atoms with Gasteiger partial charge in [0.1, 0.15) is 16.7 Å². The van der Waals surface area contributed by atoms with Gasteiger partial charge < -0.3 is 9.88 Å². The minimum Gasteiger partial charge on any atom is -0.344 e. The quantitative estimate of drug-likeness (QED) is 0.677. The van der Waals surface area contributed by atoms with Gasteiger partial charge in [-0.25, -0.2) is 9.97 Å². The van der Waals surface area contributed by atoms with Crippen LogP contribution in [-0.4, -0.2) is 20.4 Å². The van der Waals surface area contributed by atoms with Crippen LogP contribution < -0.4 is 5.32 Å². The summed E-state index contributed by atoms with van der Waals surface area (Å²) >= 11 is 6.01. The highest BCUT2D eigenvalue weighted by molar-refractivity contribution is 6.29. The molecule has 142 valence electrons. The van der Waals surface area contributed by atoms with Crippen LogP contribution in [-0.2, 0) is 19.4 Å². The molecule has 2 aromatic heterocycles. The van der Waals surface area contributed by atoms with E-state index in [0.29, 0.717) is 10.8 Å². The van der Waals surface area contributed by atoms with E-state index in [0.717, 1.165) is 42.6 Å². The van der Waals surface area contributed by atoms with Gasteiger partial charge in [-0.1, -0.05) is 23.7 Å². The van der Waals surface area contributed by atoms with Gasteiger partial charge >= 0.3 is 0 Å². The summed E-state index contributed by atoms with van der Waals surface area (Å²) < 4.78 is 2.25. The molecule has 2 aliphatic rings. The van der Waals surface area contributed by atoms with Crippen LogP contribution in [0.25, 0.3) is 11.3 Å².